The van der Waals surface area contributed by atoms with Gasteiger partial charge in [0.2, 0.25) is 0 Å². The monoisotopic (exact) mass is 229 g/mol. The van der Waals surface area contributed by atoms with E-state index in [2.05, 4.69) is 19.2 Å². The molecule has 0 bridgehead atoms. The largest absolute Gasteiger partial charge is 0.481 e. The lowest BCUT2D eigenvalue weighted by atomic mass is 9.79. The maximum atomic E-state index is 10.9. The van der Waals surface area contributed by atoms with Crippen LogP contribution in [0.25, 0.3) is 0 Å². The van der Waals surface area contributed by atoms with E-state index in [0.717, 1.165) is 12.8 Å². The van der Waals surface area contributed by atoms with Crippen LogP contribution in [0.3, 0.4) is 0 Å². The van der Waals surface area contributed by atoms with Crippen LogP contribution in [0.4, 0.5) is 0 Å². The van der Waals surface area contributed by atoms with Gasteiger partial charge in [0.1, 0.15) is 0 Å². The van der Waals surface area contributed by atoms with E-state index in [4.69, 9.17) is 9.84 Å². The summed E-state index contributed by atoms with van der Waals surface area (Å²) in [4.78, 5) is 10.9. The lowest BCUT2D eigenvalue weighted by molar-refractivity contribution is -0.146. The van der Waals surface area contributed by atoms with E-state index in [1.165, 1.54) is 0 Å². The maximum absolute atomic E-state index is 10.9. The van der Waals surface area contributed by atoms with Gasteiger partial charge >= 0.3 is 5.97 Å². The Kier molecular flexibility index (Phi) is 5.22. The van der Waals surface area contributed by atoms with Crippen LogP contribution in [0.5, 0.6) is 0 Å². The molecule has 3 atom stereocenters. The highest BCUT2D eigenvalue weighted by Crippen LogP contribution is 2.28. The highest BCUT2D eigenvalue weighted by Gasteiger charge is 2.37. The molecule has 0 aromatic carbocycles. The van der Waals surface area contributed by atoms with Crippen LogP contribution >= 0.6 is 0 Å². The minimum Gasteiger partial charge on any atom is -0.481 e. The van der Waals surface area contributed by atoms with Crippen LogP contribution in [-0.2, 0) is 9.53 Å². The molecule has 0 aromatic heterocycles. The fraction of sp³-hybridized carbons (Fsp3) is 0.917. The molecule has 1 aliphatic carbocycles. The predicted octanol–water partition coefficient (Wildman–Crippen LogP) is 1.50. The highest BCUT2D eigenvalue weighted by molar-refractivity contribution is 5.72. The molecule has 1 aliphatic rings. The Morgan fingerprint density at radius 3 is 2.56 bits per heavy atom. The van der Waals surface area contributed by atoms with Gasteiger partial charge in [0, 0.05) is 18.7 Å². The van der Waals surface area contributed by atoms with Crippen molar-refractivity contribution >= 4 is 5.97 Å². The average Bonchev–Trinajstić information content (AvgIpc) is 2.14. The van der Waals surface area contributed by atoms with Crippen LogP contribution in [-0.4, -0.2) is 36.4 Å². The first kappa shape index (κ1) is 13.5. The Balaban J connectivity index is 2.39. The molecule has 1 fully saturated rings. The van der Waals surface area contributed by atoms with E-state index in [1.807, 2.05) is 6.92 Å². The second-order valence-corrected chi connectivity index (χ2v) is 4.81. The molecule has 4 heteroatoms. The normalized spacial score (nSPS) is 26.5. The summed E-state index contributed by atoms with van der Waals surface area (Å²) < 4.78 is 5.41. The lowest BCUT2D eigenvalue weighted by Crippen LogP contribution is -2.54. The smallest absolute Gasteiger partial charge is 0.308 e. The fourth-order valence-electron chi connectivity index (χ4n) is 1.95. The molecule has 0 spiro atoms. The molecule has 0 saturated heterocycles. The summed E-state index contributed by atoms with van der Waals surface area (Å²) >= 11 is 0. The Morgan fingerprint density at radius 2 is 2.19 bits per heavy atom. The van der Waals surface area contributed by atoms with Gasteiger partial charge in [0.15, 0.2) is 0 Å². The van der Waals surface area contributed by atoms with Gasteiger partial charge in [0.25, 0.3) is 0 Å². The van der Waals surface area contributed by atoms with Crippen LogP contribution < -0.4 is 5.32 Å². The van der Waals surface area contributed by atoms with Crippen molar-refractivity contribution < 1.29 is 14.6 Å². The van der Waals surface area contributed by atoms with Crippen molar-refractivity contribution in [2.45, 2.75) is 45.7 Å². The number of carbonyl (C=O) groups is 1. The lowest BCUT2D eigenvalue weighted by Gasteiger charge is -2.38. The summed E-state index contributed by atoms with van der Waals surface area (Å²) in [5, 5.41) is 12.4. The Morgan fingerprint density at radius 1 is 1.50 bits per heavy atom. The molecule has 2 N–H and O–H groups in total. The highest BCUT2D eigenvalue weighted by atomic mass is 16.5. The summed E-state index contributed by atoms with van der Waals surface area (Å²) in [7, 11) is 0. The maximum Gasteiger partial charge on any atom is 0.308 e. The molecule has 0 heterocycles. The zero-order valence-corrected chi connectivity index (χ0v) is 10.4. The van der Waals surface area contributed by atoms with E-state index >= 15 is 0 Å². The molecule has 3 unspecified atom stereocenters. The minimum absolute atomic E-state index is 0.130. The molecule has 0 radical (unpaired) electrons. The van der Waals surface area contributed by atoms with Gasteiger partial charge < -0.3 is 15.2 Å². The van der Waals surface area contributed by atoms with E-state index in [1.54, 1.807) is 0 Å². The van der Waals surface area contributed by atoms with E-state index in [-0.39, 0.29) is 18.0 Å². The zero-order valence-electron chi connectivity index (χ0n) is 10.4. The molecule has 94 valence electrons. The van der Waals surface area contributed by atoms with Gasteiger partial charge in [-0.1, -0.05) is 13.8 Å². The first-order valence-electron chi connectivity index (χ1n) is 6.12. The third-order valence-corrected chi connectivity index (χ3v) is 3.33. The van der Waals surface area contributed by atoms with E-state index < -0.39 is 5.97 Å². The number of nitrogens with one attached hydrogen (secondary N) is 1. The molecule has 16 heavy (non-hydrogen) atoms. The quantitative estimate of drug-likeness (QED) is 0.694. The number of hydrogen-bond acceptors (Lipinski definition) is 3. The summed E-state index contributed by atoms with van der Waals surface area (Å²) in [6.45, 7) is 7.60. The van der Waals surface area contributed by atoms with Crippen molar-refractivity contribution in [3.63, 3.8) is 0 Å². The van der Waals surface area contributed by atoms with Crippen molar-refractivity contribution in [3.8, 4) is 0 Å². The van der Waals surface area contributed by atoms with Crippen molar-refractivity contribution in [1.82, 2.24) is 5.32 Å². The molecule has 4 nitrogen and oxygen atoms in total. The third kappa shape index (κ3) is 3.46. The summed E-state index contributed by atoms with van der Waals surface area (Å²) in [5.74, 6) is -0.424. The molecule has 0 amide bonds. The summed E-state index contributed by atoms with van der Waals surface area (Å²) in [6, 6.07) is 0.387. The number of ether oxygens (including phenoxy) is 1. The number of hydrogen-bond donors (Lipinski definition) is 2. The van der Waals surface area contributed by atoms with E-state index in [9.17, 15) is 4.79 Å². The van der Waals surface area contributed by atoms with Gasteiger partial charge in [-0.25, -0.2) is 0 Å². The predicted molar refractivity (Wildman–Crippen MR) is 62.4 cm³/mol. The third-order valence-electron chi connectivity index (χ3n) is 3.33. The van der Waals surface area contributed by atoms with Gasteiger partial charge in [0.05, 0.1) is 12.5 Å². The van der Waals surface area contributed by atoms with E-state index in [0.29, 0.717) is 19.1 Å². The van der Waals surface area contributed by atoms with Gasteiger partial charge in [-0.05, 0) is 25.7 Å². The number of carboxylic acids is 1. The van der Waals surface area contributed by atoms with Gasteiger partial charge in [-0.2, -0.15) is 0 Å². The van der Waals surface area contributed by atoms with Gasteiger partial charge in [-0.15, -0.1) is 0 Å². The zero-order chi connectivity index (χ0) is 12.1. The van der Waals surface area contributed by atoms with Gasteiger partial charge in [-0.3, -0.25) is 4.79 Å². The SMILES string of the molecule is CCOCC(NC1CCC1C(=O)O)C(C)C. The first-order chi connectivity index (χ1) is 7.56. The minimum atomic E-state index is -0.678. The van der Waals surface area contributed by atoms with Crippen LogP contribution in [0.2, 0.25) is 0 Å². The molecule has 1 saturated carbocycles. The van der Waals surface area contributed by atoms with Crippen LogP contribution in [0, 0.1) is 11.8 Å². The Bertz CT molecular complexity index is 230. The number of rotatable bonds is 7. The number of aliphatic carboxylic acids is 1. The second kappa shape index (κ2) is 6.21. The van der Waals surface area contributed by atoms with Crippen molar-refractivity contribution in [2.24, 2.45) is 11.8 Å². The fourth-order valence-corrected chi connectivity index (χ4v) is 1.95. The number of carboxylic acid groups (broad SMARTS) is 1. The van der Waals surface area contributed by atoms with Crippen molar-refractivity contribution in [3.05, 3.63) is 0 Å². The standard InChI is InChI=1S/C12H23NO3/c1-4-16-7-11(8(2)3)13-10-6-5-9(10)12(14)15/h8-11,13H,4-7H2,1-3H3,(H,14,15). The average molecular weight is 229 g/mol. The molecule has 1 rings (SSSR count). The molecule has 0 aliphatic heterocycles. The van der Waals surface area contributed by atoms with Crippen LogP contribution in [0.15, 0.2) is 0 Å². The first-order valence-corrected chi connectivity index (χ1v) is 6.12. The molecular weight excluding hydrogens is 206 g/mol. The Labute approximate surface area is 97.4 Å². The topological polar surface area (TPSA) is 58.6 Å². The van der Waals surface area contributed by atoms with Crippen LogP contribution in [0.1, 0.15) is 33.6 Å². The summed E-state index contributed by atoms with van der Waals surface area (Å²) in [6.07, 6.45) is 1.76. The van der Waals surface area contributed by atoms with Crippen molar-refractivity contribution in [1.29, 1.82) is 0 Å². The Hall–Kier alpha value is -0.610. The molecular formula is C12H23NO3. The van der Waals surface area contributed by atoms with Crippen molar-refractivity contribution in [2.75, 3.05) is 13.2 Å². The molecule has 0 aromatic rings. The summed E-state index contributed by atoms with van der Waals surface area (Å²) in [5.41, 5.74) is 0. The second-order valence-electron chi connectivity index (χ2n) is 4.81.